The van der Waals surface area contributed by atoms with Gasteiger partial charge in [0.05, 0.1) is 11.1 Å². The van der Waals surface area contributed by atoms with E-state index in [0.29, 0.717) is 25.1 Å². The molecule has 2 fully saturated rings. The lowest BCUT2D eigenvalue weighted by Crippen LogP contribution is -2.46. The summed E-state index contributed by atoms with van der Waals surface area (Å²) in [6, 6.07) is 3.68. The molecule has 5 rings (SSSR count). The maximum atomic E-state index is 15.0. The first-order valence-electron chi connectivity index (χ1n) is 9.69. The van der Waals surface area contributed by atoms with Gasteiger partial charge in [-0.2, -0.15) is 0 Å². The molecular formula is C21H17F3N4O3. The lowest BCUT2D eigenvalue weighted by atomic mass is 9.72. The minimum atomic E-state index is -1.56. The topological polar surface area (TPSA) is 101 Å². The average molecular weight is 430 g/mol. The van der Waals surface area contributed by atoms with Crippen LogP contribution < -0.4 is 16.1 Å². The zero-order valence-corrected chi connectivity index (χ0v) is 16.1. The Hall–Kier alpha value is -3.40. The van der Waals surface area contributed by atoms with Crippen molar-refractivity contribution in [2.75, 3.05) is 18.0 Å². The van der Waals surface area contributed by atoms with Crippen molar-refractivity contribution in [1.29, 1.82) is 0 Å². The van der Waals surface area contributed by atoms with Gasteiger partial charge in [0.2, 0.25) is 5.43 Å². The molecule has 3 heterocycles. The lowest BCUT2D eigenvalue weighted by molar-refractivity contribution is 0.0695. The monoisotopic (exact) mass is 430 g/mol. The zero-order chi connectivity index (χ0) is 22.0. The van der Waals surface area contributed by atoms with Crippen LogP contribution in [-0.2, 0) is 0 Å². The Morgan fingerprint density at radius 3 is 2.58 bits per heavy atom. The van der Waals surface area contributed by atoms with Gasteiger partial charge < -0.3 is 15.7 Å². The van der Waals surface area contributed by atoms with E-state index in [0.717, 1.165) is 35.4 Å². The second-order valence-electron chi connectivity index (χ2n) is 8.04. The molecule has 1 saturated carbocycles. The summed E-state index contributed by atoms with van der Waals surface area (Å²) >= 11 is 0. The molecule has 1 aliphatic carbocycles. The summed E-state index contributed by atoms with van der Waals surface area (Å²) in [5.74, 6) is -3.62. The third kappa shape index (κ3) is 2.97. The number of nitrogens with two attached hydrogens (primary N) is 1. The number of aromatic carboxylic acids is 1. The highest BCUT2D eigenvalue weighted by Gasteiger charge is 2.46. The minimum Gasteiger partial charge on any atom is -0.477 e. The first-order valence-corrected chi connectivity index (χ1v) is 9.69. The molecule has 3 aromatic rings. The Kier molecular flexibility index (Phi) is 4.30. The number of benzene rings is 1. The van der Waals surface area contributed by atoms with Gasteiger partial charge in [-0.3, -0.25) is 9.36 Å². The van der Waals surface area contributed by atoms with Crippen molar-refractivity contribution in [3.05, 3.63) is 63.7 Å². The zero-order valence-electron chi connectivity index (χ0n) is 16.1. The SMILES string of the molecule is NC1CC2CN(c3nc4c(cc3F)c(=O)c(C(=O)O)cn4-c3ccc(F)cc3F)CC12. The van der Waals surface area contributed by atoms with Gasteiger partial charge in [0.25, 0.3) is 0 Å². The fraction of sp³-hybridized carbons (Fsp3) is 0.286. The fourth-order valence-electron chi connectivity index (χ4n) is 4.58. The largest absolute Gasteiger partial charge is 0.477 e. The Labute approximate surface area is 173 Å². The summed E-state index contributed by atoms with van der Waals surface area (Å²) < 4.78 is 43.9. The Morgan fingerprint density at radius 2 is 1.94 bits per heavy atom. The summed E-state index contributed by atoms with van der Waals surface area (Å²) in [7, 11) is 0. The van der Waals surface area contributed by atoms with Gasteiger partial charge in [0.1, 0.15) is 17.2 Å². The molecule has 0 amide bonds. The predicted octanol–water partition coefficient (Wildman–Crippen LogP) is 2.28. The first kappa shape index (κ1) is 19.6. The van der Waals surface area contributed by atoms with Crippen LogP contribution in [0.15, 0.2) is 35.3 Å². The molecule has 1 saturated heterocycles. The number of halogens is 3. The molecule has 3 atom stereocenters. The summed E-state index contributed by atoms with van der Waals surface area (Å²) in [6.07, 6.45) is 1.76. The van der Waals surface area contributed by atoms with E-state index in [9.17, 15) is 27.9 Å². The van der Waals surface area contributed by atoms with E-state index in [1.54, 1.807) is 4.90 Å². The van der Waals surface area contributed by atoms with Crippen LogP contribution in [0.3, 0.4) is 0 Å². The van der Waals surface area contributed by atoms with E-state index in [-0.39, 0.29) is 34.5 Å². The molecule has 0 bridgehead atoms. The second kappa shape index (κ2) is 6.81. The van der Waals surface area contributed by atoms with Gasteiger partial charge in [-0.05, 0) is 36.5 Å². The second-order valence-corrected chi connectivity index (χ2v) is 8.04. The number of hydrogen-bond donors (Lipinski definition) is 2. The van der Waals surface area contributed by atoms with E-state index >= 15 is 0 Å². The van der Waals surface area contributed by atoms with Gasteiger partial charge in [-0.25, -0.2) is 22.9 Å². The van der Waals surface area contributed by atoms with Crippen molar-refractivity contribution >= 4 is 22.8 Å². The van der Waals surface area contributed by atoms with Crippen LogP contribution in [0.1, 0.15) is 16.8 Å². The molecule has 160 valence electrons. The van der Waals surface area contributed by atoms with Gasteiger partial charge >= 0.3 is 5.97 Å². The van der Waals surface area contributed by atoms with Crippen LogP contribution in [0, 0.1) is 29.3 Å². The molecule has 0 radical (unpaired) electrons. The van der Waals surface area contributed by atoms with Gasteiger partial charge in [-0.1, -0.05) is 0 Å². The van der Waals surface area contributed by atoms with Crippen molar-refractivity contribution in [1.82, 2.24) is 9.55 Å². The number of aromatic nitrogens is 2. The van der Waals surface area contributed by atoms with Gasteiger partial charge in [-0.15, -0.1) is 0 Å². The van der Waals surface area contributed by atoms with Crippen molar-refractivity contribution in [2.45, 2.75) is 12.5 Å². The minimum absolute atomic E-state index is 0.0205. The van der Waals surface area contributed by atoms with E-state index in [1.165, 1.54) is 0 Å². The molecule has 3 N–H and O–H groups in total. The van der Waals surface area contributed by atoms with Crippen molar-refractivity contribution in [2.24, 2.45) is 17.6 Å². The Balaban J connectivity index is 1.75. The molecule has 2 aromatic heterocycles. The number of carbonyl (C=O) groups is 1. The standard InChI is InChI=1S/C21H17F3N4O3/c22-10-1-2-17(14(23)4-10)28-8-13(21(30)31)18(29)11-5-15(24)20(26-19(11)28)27-6-9-3-16(25)12(9)7-27/h1-2,4-5,8-9,12,16H,3,6-7,25H2,(H,30,31). The molecule has 1 aromatic carbocycles. The highest BCUT2D eigenvalue weighted by Crippen LogP contribution is 2.41. The summed E-state index contributed by atoms with van der Waals surface area (Å²) in [4.78, 5) is 30.2. The number of rotatable bonds is 3. The molecule has 7 nitrogen and oxygen atoms in total. The van der Waals surface area contributed by atoms with E-state index in [1.807, 2.05) is 0 Å². The number of pyridine rings is 2. The van der Waals surface area contributed by atoms with Gasteiger partial charge in [0, 0.05) is 31.4 Å². The highest BCUT2D eigenvalue weighted by atomic mass is 19.1. The number of fused-ring (bicyclic) bond motifs is 2. The summed E-state index contributed by atoms with van der Waals surface area (Å²) in [6.45, 7) is 1.06. The quantitative estimate of drug-likeness (QED) is 0.661. The van der Waals surface area contributed by atoms with Crippen molar-refractivity contribution in [3.63, 3.8) is 0 Å². The molecule has 31 heavy (non-hydrogen) atoms. The summed E-state index contributed by atoms with van der Waals surface area (Å²) in [5.41, 5.74) is 4.04. The predicted molar refractivity (Wildman–Crippen MR) is 106 cm³/mol. The third-order valence-electron chi connectivity index (χ3n) is 6.23. The Bertz CT molecular complexity index is 1310. The number of nitrogens with zero attached hydrogens (tertiary/aromatic N) is 3. The number of hydrogen-bond acceptors (Lipinski definition) is 5. The third-order valence-corrected chi connectivity index (χ3v) is 6.23. The maximum Gasteiger partial charge on any atom is 0.341 e. The maximum absolute atomic E-state index is 15.0. The fourth-order valence-corrected chi connectivity index (χ4v) is 4.58. The average Bonchev–Trinajstić information content (AvgIpc) is 3.05. The van der Waals surface area contributed by atoms with Crippen LogP contribution in [0.25, 0.3) is 16.7 Å². The lowest BCUT2D eigenvalue weighted by Gasteiger charge is -2.36. The normalized spacial score (nSPS) is 22.5. The number of carboxylic acid groups (broad SMARTS) is 1. The van der Waals surface area contributed by atoms with E-state index in [2.05, 4.69) is 4.98 Å². The number of carboxylic acids is 1. The van der Waals surface area contributed by atoms with Crippen molar-refractivity contribution in [3.8, 4) is 5.69 Å². The molecule has 0 spiro atoms. The van der Waals surface area contributed by atoms with Crippen LogP contribution in [0.4, 0.5) is 19.0 Å². The Morgan fingerprint density at radius 1 is 1.16 bits per heavy atom. The van der Waals surface area contributed by atoms with E-state index < -0.39 is 34.4 Å². The molecule has 3 unspecified atom stereocenters. The number of anilines is 1. The highest BCUT2D eigenvalue weighted by molar-refractivity contribution is 5.92. The van der Waals surface area contributed by atoms with Crippen LogP contribution in [0.5, 0.6) is 0 Å². The van der Waals surface area contributed by atoms with Crippen LogP contribution in [0.2, 0.25) is 0 Å². The molecule has 2 aliphatic rings. The first-order chi connectivity index (χ1) is 14.7. The molecular weight excluding hydrogens is 413 g/mol. The van der Waals surface area contributed by atoms with E-state index in [4.69, 9.17) is 5.73 Å². The van der Waals surface area contributed by atoms with Crippen molar-refractivity contribution < 1.29 is 23.1 Å². The van der Waals surface area contributed by atoms with Crippen LogP contribution in [-0.4, -0.2) is 39.8 Å². The smallest absolute Gasteiger partial charge is 0.341 e. The molecule has 10 heteroatoms. The van der Waals surface area contributed by atoms with Gasteiger partial charge in [0.15, 0.2) is 17.3 Å². The summed E-state index contributed by atoms with van der Waals surface area (Å²) in [5, 5.41) is 9.08. The van der Waals surface area contributed by atoms with Crippen LogP contribution >= 0.6 is 0 Å². The molecule has 1 aliphatic heterocycles.